The molecular formula is C15H16ClN3O. The molecule has 0 unspecified atom stereocenters. The molecule has 2 rings (SSSR count). The Morgan fingerprint density at radius 2 is 2.20 bits per heavy atom. The zero-order valence-corrected chi connectivity index (χ0v) is 12.2. The van der Waals surface area contributed by atoms with E-state index in [0.29, 0.717) is 16.4 Å². The van der Waals surface area contributed by atoms with Gasteiger partial charge in [0.05, 0.1) is 11.4 Å². The smallest absolute Gasteiger partial charge is 0.255 e. The van der Waals surface area contributed by atoms with E-state index < -0.39 is 0 Å². The van der Waals surface area contributed by atoms with Crippen LogP contribution in [0.15, 0.2) is 30.5 Å². The highest BCUT2D eigenvalue weighted by Gasteiger charge is 2.10. The van der Waals surface area contributed by atoms with E-state index in [1.165, 1.54) is 0 Å². The first-order chi connectivity index (χ1) is 9.60. The third-order valence-electron chi connectivity index (χ3n) is 2.87. The summed E-state index contributed by atoms with van der Waals surface area (Å²) >= 11 is 5.96. The third-order valence-corrected chi connectivity index (χ3v) is 3.06. The normalized spacial score (nSPS) is 10.3. The van der Waals surface area contributed by atoms with Crippen molar-refractivity contribution in [3.63, 3.8) is 0 Å². The Kier molecular flexibility index (Phi) is 4.69. The fourth-order valence-electron chi connectivity index (χ4n) is 1.88. The SMILES string of the molecule is CCCc1cc(C(=O)Nc2cccnc2C)cc(Cl)n1. The van der Waals surface area contributed by atoms with E-state index in [4.69, 9.17) is 11.6 Å². The summed E-state index contributed by atoms with van der Waals surface area (Å²) in [7, 11) is 0. The number of anilines is 1. The summed E-state index contributed by atoms with van der Waals surface area (Å²) in [5, 5.41) is 3.17. The van der Waals surface area contributed by atoms with E-state index in [9.17, 15) is 4.79 Å². The van der Waals surface area contributed by atoms with Gasteiger partial charge in [-0.3, -0.25) is 9.78 Å². The summed E-state index contributed by atoms with van der Waals surface area (Å²) in [5.74, 6) is -0.206. The second-order valence-corrected chi connectivity index (χ2v) is 4.90. The molecule has 0 aliphatic rings. The van der Waals surface area contributed by atoms with Crippen LogP contribution in [0.1, 0.15) is 35.1 Å². The molecule has 104 valence electrons. The standard InChI is InChI=1S/C15H16ClN3O/c1-3-5-12-8-11(9-14(16)18-12)15(20)19-13-6-4-7-17-10(13)2/h4,6-9H,3,5H2,1-2H3,(H,19,20). The van der Waals surface area contributed by atoms with Crippen LogP contribution < -0.4 is 5.32 Å². The number of nitrogens with one attached hydrogen (secondary N) is 1. The number of pyridine rings is 2. The Hall–Kier alpha value is -1.94. The molecule has 1 amide bonds. The number of carbonyl (C=O) groups excluding carboxylic acids is 1. The molecule has 0 aliphatic carbocycles. The van der Waals surface area contributed by atoms with Crippen molar-refractivity contribution < 1.29 is 4.79 Å². The summed E-state index contributed by atoms with van der Waals surface area (Å²) in [6, 6.07) is 6.94. The van der Waals surface area contributed by atoms with Gasteiger partial charge in [-0.15, -0.1) is 0 Å². The van der Waals surface area contributed by atoms with Crippen LogP contribution in [0, 0.1) is 6.92 Å². The first kappa shape index (κ1) is 14.5. The van der Waals surface area contributed by atoms with Gasteiger partial charge in [-0.1, -0.05) is 24.9 Å². The van der Waals surface area contributed by atoms with Gasteiger partial charge >= 0.3 is 0 Å². The number of aryl methyl sites for hydroxylation is 2. The molecule has 20 heavy (non-hydrogen) atoms. The van der Waals surface area contributed by atoms with Crippen LogP contribution in [0.25, 0.3) is 0 Å². The van der Waals surface area contributed by atoms with Crippen molar-refractivity contribution in [1.29, 1.82) is 0 Å². The van der Waals surface area contributed by atoms with Crippen LogP contribution in [-0.4, -0.2) is 15.9 Å². The Morgan fingerprint density at radius 1 is 1.40 bits per heavy atom. The summed E-state index contributed by atoms with van der Waals surface area (Å²) < 4.78 is 0. The van der Waals surface area contributed by atoms with Gasteiger partial charge in [-0.2, -0.15) is 0 Å². The number of carbonyl (C=O) groups is 1. The topological polar surface area (TPSA) is 54.9 Å². The Bertz CT molecular complexity index is 628. The first-order valence-electron chi connectivity index (χ1n) is 6.49. The van der Waals surface area contributed by atoms with Gasteiger partial charge in [0.15, 0.2) is 0 Å². The molecule has 0 bridgehead atoms. The predicted octanol–water partition coefficient (Wildman–Crippen LogP) is 3.64. The van der Waals surface area contributed by atoms with Crippen LogP contribution in [-0.2, 0) is 6.42 Å². The number of amides is 1. The van der Waals surface area contributed by atoms with Gasteiger partial charge in [0, 0.05) is 17.5 Å². The van der Waals surface area contributed by atoms with Crippen molar-refractivity contribution in [2.24, 2.45) is 0 Å². The number of nitrogens with zero attached hydrogens (tertiary/aromatic N) is 2. The minimum absolute atomic E-state index is 0.206. The molecule has 0 aromatic carbocycles. The van der Waals surface area contributed by atoms with Crippen molar-refractivity contribution in [3.8, 4) is 0 Å². The van der Waals surface area contributed by atoms with Gasteiger partial charge in [0.25, 0.3) is 5.91 Å². The van der Waals surface area contributed by atoms with E-state index >= 15 is 0 Å². The zero-order valence-electron chi connectivity index (χ0n) is 11.5. The summed E-state index contributed by atoms with van der Waals surface area (Å²) in [4.78, 5) is 20.6. The minimum atomic E-state index is -0.206. The number of rotatable bonds is 4. The highest BCUT2D eigenvalue weighted by Crippen LogP contribution is 2.16. The van der Waals surface area contributed by atoms with E-state index in [1.54, 1.807) is 24.4 Å². The number of aromatic nitrogens is 2. The molecule has 0 radical (unpaired) electrons. The largest absolute Gasteiger partial charge is 0.320 e. The maximum absolute atomic E-state index is 12.2. The first-order valence-corrected chi connectivity index (χ1v) is 6.87. The lowest BCUT2D eigenvalue weighted by Crippen LogP contribution is -2.14. The van der Waals surface area contributed by atoms with Crippen molar-refractivity contribution in [3.05, 3.63) is 52.6 Å². The van der Waals surface area contributed by atoms with Crippen LogP contribution in [0.5, 0.6) is 0 Å². The van der Waals surface area contributed by atoms with E-state index in [2.05, 4.69) is 22.2 Å². The molecule has 0 aliphatic heterocycles. The molecule has 0 spiro atoms. The fourth-order valence-corrected chi connectivity index (χ4v) is 2.10. The van der Waals surface area contributed by atoms with Gasteiger partial charge in [-0.25, -0.2) is 4.98 Å². The molecule has 2 aromatic rings. The lowest BCUT2D eigenvalue weighted by atomic mass is 10.1. The minimum Gasteiger partial charge on any atom is -0.320 e. The molecule has 5 heteroatoms. The maximum Gasteiger partial charge on any atom is 0.255 e. The Balaban J connectivity index is 2.23. The quantitative estimate of drug-likeness (QED) is 0.874. The van der Waals surface area contributed by atoms with Crippen LogP contribution >= 0.6 is 11.6 Å². The van der Waals surface area contributed by atoms with E-state index in [-0.39, 0.29) is 5.91 Å². The van der Waals surface area contributed by atoms with E-state index in [1.807, 2.05) is 13.0 Å². The zero-order chi connectivity index (χ0) is 14.5. The van der Waals surface area contributed by atoms with Crippen molar-refractivity contribution in [2.45, 2.75) is 26.7 Å². The fraction of sp³-hybridized carbons (Fsp3) is 0.267. The maximum atomic E-state index is 12.2. The number of hydrogen-bond donors (Lipinski definition) is 1. The van der Waals surface area contributed by atoms with Crippen molar-refractivity contribution >= 4 is 23.2 Å². The summed E-state index contributed by atoms with van der Waals surface area (Å²) in [6.07, 6.45) is 3.44. The molecule has 1 N–H and O–H groups in total. The van der Waals surface area contributed by atoms with Crippen molar-refractivity contribution in [2.75, 3.05) is 5.32 Å². The average Bonchev–Trinajstić information content (AvgIpc) is 2.41. The van der Waals surface area contributed by atoms with Gasteiger partial charge in [0.2, 0.25) is 0 Å². The molecule has 4 nitrogen and oxygen atoms in total. The second-order valence-electron chi connectivity index (χ2n) is 4.51. The Labute approximate surface area is 123 Å². The Morgan fingerprint density at radius 3 is 2.90 bits per heavy atom. The van der Waals surface area contributed by atoms with E-state index in [0.717, 1.165) is 24.2 Å². The second kappa shape index (κ2) is 6.48. The molecule has 0 saturated heterocycles. The predicted molar refractivity (Wildman–Crippen MR) is 80.2 cm³/mol. The van der Waals surface area contributed by atoms with Gasteiger partial charge in [0.1, 0.15) is 5.15 Å². The van der Waals surface area contributed by atoms with Gasteiger partial charge in [-0.05, 0) is 37.6 Å². The highest BCUT2D eigenvalue weighted by molar-refractivity contribution is 6.29. The van der Waals surface area contributed by atoms with Gasteiger partial charge < -0.3 is 5.32 Å². The molecule has 0 atom stereocenters. The lowest BCUT2D eigenvalue weighted by Gasteiger charge is -2.08. The molecule has 2 heterocycles. The molecule has 0 saturated carbocycles. The number of halogens is 1. The number of hydrogen-bond acceptors (Lipinski definition) is 3. The van der Waals surface area contributed by atoms with Crippen molar-refractivity contribution in [1.82, 2.24) is 9.97 Å². The van der Waals surface area contributed by atoms with Crippen LogP contribution in [0.2, 0.25) is 5.15 Å². The lowest BCUT2D eigenvalue weighted by molar-refractivity contribution is 0.102. The third kappa shape index (κ3) is 3.54. The van der Waals surface area contributed by atoms with Crippen LogP contribution in [0.4, 0.5) is 5.69 Å². The highest BCUT2D eigenvalue weighted by atomic mass is 35.5. The average molecular weight is 290 g/mol. The summed E-state index contributed by atoms with van der Waals surface area (Å²) in [6.45, 7) is 3.90. The molecule has 0 fully saturated rings. The monoisotopic (exact) mass is 289 g/mol. The summed E-state index contributed by atoms with van der Waals surface area (Å²) in [5.41, 5.74) is 2.81. The molecular weight excluding hydrogens is 274 g/mol. The van der Waals surface area contributed by atoms with Crippen LogP contribution in [0.3, 0.4) is 0 Å². The molecule has 2 aromatic heterocycles.